The van der Waals surface area contributed by atoms with Crippen molar-refractivity contribution in [2.24, 2.45) is 4.99 Å². The lowest BCUT2D eigenvalue weighted by Crippen LogP contribution is -2.34. The molecule has 1 aliphatic heterocycles. The van der Waals surface area contributed by atoms with Gasteiger partial charge in [0, 0.05) is 11.0 Å². The van der Waals surface area contributed by atoms with Gasteiger partial charge in [-0.3, -0.25) is 0 Å². The van der Waals surface area contributed by atoms with E-state index in [0.717, 1.165) is 50.7 Å². The van der Waals surface area contributed by atoms with Gasteiger partial charge in [-0.05, 0) is 109 Å². The maximum absolute atomic E-state index is 9.89. The molecular formula is C52H36N3+. The van der Waals surface area contributed by atoms with Gasteiger partial charge in [0.15, 0.2) is 0 Å². The SMILES string of the molecule is CC1(C)c2cc(-c3ccc(-c4c(-c5ccc(C6=[N+](c7ccccc7)C(c7ccccc7)=N6)cc5)ccc5ccccc45)cc3)ccc2-c2c(C#N)cccc21. The quantitative estimate of drug-likeness (QED) is 0.159. The van der Waals surface area contributed by atoms with Gasteiger partial charge < -0.3 is 0 Å². The van der Waals surface area contributed by atoms with Crippen LogP contribution >= 0.6 is 0 Å². The van der Waals surface area contributed by atoms with E-state index in [4.69, 9.17) is 4.99 Å². The summed E-state index contributed by atoms with van der Waals surface area (Å²) in [5.74, 6) is 1.89. The van der Waals surface area contributed by atoms with Crippen LogP contribution in [-0.2, 0) is 5.41 Å². The van der Waals surface area contributed by atoms with Crippen molar-refractivity contribution in [2.75, 3.05) is 0 Å². The van der Waals surface area contributed by atoms with E-state index in [-0.39, 0.29) is 5.41 Å². The van der Waals surface area contributed by atoms with Crippen molar-refractivity contribution in [3.8, 4) is 50.6 Å². The van der Waals surface area contributed by atoms with E-state index in [9.17, 15) is 5.26 Å². The smallest absolute Gasteiger partial charge is 0.192 e. The zero-order valence-corrected chi connectivity index (χ0v) is 30.7. The first-order chi connectivity index (χ1) is 27.0. The van der Waals surface area contributed by atoms with Gasteiger partial charge in [0.2, 0.25) is 0 Å². The van der Waals surface area contributed by atoms with Crippen LogP contribution in [0, 0.1) is 11.3 Å². The zero-order chi connectivity index (χ0) is 37.1. The van der Waals surface area contributed by atoms with E-state index in [2.05, 4.69) is 182 Å². The van der Waals surface area contributed by atoms with E-state index in [1.807, 2.05) is 24.3 Å². The Balaban J connectivity index is 1.02. The minimum absolute atomic E-state index is 0.186. The zero-order valence-electron chi connectivity index (χ0n) is 30.7. The fourth-order valence-corrected chi connectivity index (χ4v) is 8.56. The van der Waals surface area contributed by atoms with E-state index >= 15 is 0 Å². The largest absolute Gasteiger partial charge is 0.279 e. The molecule has 0 amide bonds. The predicted molar refractivity (Wildman–Crippen MR) is 226 cm³/mol. The number of nitriles is 1. The van der Waals surface area contributed by atoms with Gasteiger partial charge >= 0.3 is 0 Å². The Morgan fingerprint density at radius 3 is 1.89 bits per heavy atom. The van der Waals surface area contributed by atoms with Gasteiger partial charge in [0.05, 0.1) is 22.8 Å². The second kappa shape index (κ2) is 12.8. The summed E-state index contributed by atoms with van der Waals surface area (Å²) in [6.07, 6.45) is 0. The first-order valence-electron chi connectivity index (χ1n) is 18.8. The predicted octanol–water partition coefficient (Wildman–Crippen LogP) is 12.6. The minimum Gasteiger partial charge on any atom is -0.192 e. The number of hydrogen-bond acceptors (Lipinski definition) is 2. The van der Waals surface area contributed by atoms with Gasteiger partial charge in [-0.15, -0.1) is 0 Å². The van der Waals surface area contributed by atoms with Crippen molar-refractivity contribution in [3.05, 3.63) is 210 Å². The molecule has 0 atom stereocenters. The number of aliphatic imine (C=N–C) groups is 1. The third kappa shape index (κ3) is 5.26. The van der Waals surface area contributed by atoms with E-state index in [1.54, 1.807) is 0 Å². The average Bonchev–Trinajstić information content (AvgIpc) is 3.46. The molecular weight excluding hydrogens is 667 g/mol. The van der Waals surface area contributed by atoms with Crippen LogP contribution in [0.2, 0.25) is 0 Å². The molecule has 0 N–H and O–H groups in total. The summed E-state index contributed by atoms with van der Waals surface area (Å²) >= 11 is 0. The van der Waals surface area contributed by atoms with Gasteiger partial charge in [0.25, 0.3) is 11.7 Å². The number of para-hydroxylation sites is 1. The highest BCUT2D eigenvalue weighted by atomic mass is 15.2. The molecule has 55 heavy (non-hydrogen) atoms. The van der Waals surface area contributed by atoms with Crippen LogP contribution in [0.1, 0.15) is 41.7 Å². The van der Waals surface area contributed by atoms with Crippen LogP contribution in [-0.4, -0.2) is 16.2 Å². The Morgan fingerprint density at radius 2 is 1.13 bits per heavy atom. The molecule has 3 nitrogen and oxygen atoms in total. The number of nitrogens with zero attached hydrogens (tertiary/aromatic N) is 3. The highest BCUT2D eigenvalue weighted by Crippen LogP contribution is 2.51. The second-order valence-electron chi connectivity index (χ2n) is 14.9. The fraction of sp³-hybridized carbons (Fsp3) is 0.0577. The normalized spacial score (nSPS) is 13.8. The van der Waals surface area contributed by atoms with Gasteiger partial charge in [-0.1, -0.05) is 152 Å². The molecule has 10 rings (SSSR count). The van der Waals surface area contributed by atoms with Crippen LogP contribution < -0.4 is 0 Å². The minimum atomic E-state index is -0.186. The van der Waals surface area contributed by atoms with Crippen molar-refractivity contribution in [3.63, 3.8) is 0 Å². The highest BCUT2D eigenvalue weighted by Gasteiger charge is 2.37. The molecule has 0 fully saturated rings. The van der Waals surface area contributed by atoms with Gasteiger partial charge in [-0.2, -0.15) is 9.84 Å². The summed E-state index contributed by atoms with van der Waals surface area (Å²) in [5, 5.41) is 12.3. The lowest BCUT2D eigenvalue weighted by atomic mass is 9.81. The topological polar surface area (TPSA) is 39.2 Å². The molecule has 8 aromatic rings. The molecule has 2 aliphatic rings. The summed E-state index contributed by atoms with van der Waals surface area (Å²) in [6, 6.07) is 67.1. The van der Waals surface area contributed by atoms with Crippen molar-refractivity contribution < 1.29 is 4.58 Å². The summed E-state index contributed by atoms with van der Waals surface area (Å²) < 4.78 is 2.25. The summed E-state index contributed by atoms with van der Waals surface area (Å²) in [7, 11) is 0. The molecule has 0 saturated heterocycles. The number of hydrogen-bond donors (Lipinski definition) is 0. The summed E-state index contributed by atoms with van der Waals surface area (Å²) in [6.45, 7) is 4.53. The van der Waals surface area contributed by atoms with E-state index < -0.39 is 0 Å². The summed E-state index contributed by atoms with van der Waals surface area (Å²) in [5.41, 5.74) is 15.6. The van der Waals surface area contributed by atoms with Crippen LogP contribution in [0.25, 0.3) is 55.3 Å². The Labute approximate surface area is 321 Å². The second-order valence-corrected chi connectivity index (χ2v) is 14.9. The monoisotopic (exact) mass is 702 g/mol. The maximum atomic E-state index is 9.89. The molecule has 0 radical (unpaired) electrons. The maximum Gasteiger partial charge on any atom is 0.279 e. The molecule has 8 aromatic carbocycles. The Morgan fingerprint density at radius 1 is 0.491 bits per heavy atom. The molecule has 258 valence electrons. The highest BCUT2D eigenvalue weighted by molar-refractivity contribution is 6.16. The van der Waals surface area contributed by atoms with Crippen LogP contribution in [0.15, 0.2) is 187 Å². The number of fused-ring (bicyclic) bond motifs is 4. The van der Waals surface area contributed by atoms with Crippen molar-refractivity contribution in [1.82, 2.24) is 0 Å². The fourth-order valence-electron chi connectivity index (χ4n) is 8.56. The molecule has 1 aliphatic carbocycles. The Kier molecular flexibility index (Phi) is 7.54. The summed E-state index contributed by atoms with van der Waals surface area (Å²) in [4.78, 5) is 5.05. The lowest BCUT2D eigenvalue weighted by Gasteiger charge is -2.22. The molecule has 1 heterocycles. The third-order valence-electron chi connectivity index (χ3n) is 11.4. The molecule has 0 bridgehead atoms. The molecule has 3 heteroatoms. The molecule has 0 spiro atoms. The van der Waals surface area contributed by atoms with Crippen molar-refractivity contribution in [2.45, 2.75) is 19.3 Å². The third-order valence-corrected chi connectivity index (χ3v) is 11.4. The average molecular weight is 703 g/mol. The van der Waals surface area contributed by atoms with Crippen LogP contribution in [0.3, 0.4) is 0 Å². The lowest BCUT2D eigenvalue weighted by molar-refractivity contribution is -0.319. The van der Waals surface area contributed by atoms with Crippen LogP contribution in [0.5, 0.6) is 0 Å². The number of rotatable bonds is 6. The number of amidine groups is 2. The number of benzene rings is 8. The Hall–Kier alpha value is -7.15. The van der Waals surface area contributed by atoms with Gasteiger partial charge in [-0.25, -0.2) is 0 Å². The van der Waals surface area contributed by atoms with Crippen molar-refractivity contribution >= 4 is 28.1 Å². The van der Waals surface area contributed by atoms with E-state index in [1.165, 1.54) is 49.7 Å². The molecule has 0 saturated carbocycles. The Bertz CT molecular complexity index is 2910. The first kappa shape index (κ1) is 32.5. The van der Waals surface area contributed by atoms with Crippen molar-refractivity contribution in [1.29, 1.82) is 5.26 Å². The van der Waals surface area contributed by atoms with E-state index in [0.29, 0.717) is 0 Å². The first-order valence-corrected chi connectivity index (χ1v) is 18.8. The van der Waals surface area contributed by atoms with Gasteiger partial charge in [0.1, 0.15) is 5.69 Å². The standard InChI is InChI=1S/C52H36N3/c1-52(2)46-19-11-15-41(33-53)49(46)45-31-29-40(32-47(45)52)34-20-24-37(25-21-34)48-43-18-10-9-12-35(43)28-30-44(48)36-22-26-39(27-23-36)51-54-50(38-13-5-3-6-14-38)55(51)42-16-7-4-8-17-42/h3-32H,1-2H3/q+1. The molecule has 0 aromatic heterocycles. The van der Waals surface area contributed by atoms with Crippen LogP contribution in [0.4, 0.5) is 5.69 Å². The molecule has 0 unspecified atom stereocenters.